The largest absolute Gasteiger partial charge is 0.497 e. The number of benzene rings is 2. The number of hydrogen-bond donors (Lipinski definition) is 0. The van der Waals surface area contributed by atoms with Crippen LogP contribution < -0.4 is 14.5 Å². The number of methoxy groups -OCH3 is 1. The highest BCUT2D eigenvalue weighted by Crippen LogP contribution is 2.39. The molecule has 30 heavy (non-hydrogen) atoms. The molecule has 0 spiro atoms. The summed E-state index contributed by atoms with van der Waals surface area (Å²) in [6.07, 6.45) is 0.777. The van der Waals surface area contributed by atoms with E-state index in [1.165, 1.54) is 16.9 Å². The lowest BCUT2D eigenvalue weighted by atomic mass is 9.82. The van der Waals surface area contributed by atoms with E-state index in [0.29, 0.717) is 26.3 Å². The van der Waals surface area contributed by atoms with E-state index in [9.17, 15) is 4.79 Å². The summed E-state index contributed by atoms with van der Waals surface area (Å²) in [5, 5.41) is 0. The van der Waals surface area contributed by atoms with Crippen LogP contribution in [0.5, 0.6) is 5.75 Å². The highest BCUT2D eigenvalue weighted by Gasteiger charge is 2.43. The number of piperazine rings is 1. The molecule has 3 heterocycles. The maximum Gasteiger partial charge on any atom is 0.228 e. The Hall–Kier alpha value is -2.73. The number of para-hydroxylation sites is 1. The molecule has 0 radical (unpaired) electrons. The average molecular weight is 408 g/mol. The van der Waals surface area contributed by atoms with E-state index in [0.717, 1.165) is 31.8 Å². The molecular weight excluding hydrogens is 378 g/mol. The molecule has 2 aromatic carbocycles. The van der Waals surface area contributed by atoms with E-state index in [4.69, 9.17) is 9.47 Å². The Kier molecular flexibility index (Phi) is 5.25. The fraction of sp³-hybridized carbons (Fsp3) is 0.458. The van der Waals surface area contributed by atoms with Gasteiger partial charge in [0, 0.05) is 50.2 Å². The van der Waals surface area contributed by atoms with E-state index in [1.807, 2.05) is 17.0 Å². The highest BCUT2D eigenvalue weighted by molar-refractivity contribution is 5.83. The van der Waals surface area contributed by atoms with Gasteiger partial charge in [0.05, 0.1) is 32.3 Å². The van der Waals surface area contributed by atoms with Crippen molar-refractivity contribution in [3.05, 3.63) is 54.1 Å². The predicted molar refractivity (Wildman–Crippen MR) is 117 cm³/mol. The second kappa shape index (κ2) is 8.19. The molecule has 3 aliphatic rings. The van der Waals surface area contributed by atoms with E-state index >= 15 is 0 Å². The van der Waals surface area contributed by atoms with Crippen LogP contribution in [0.25, 0.3) is 0 Å². The topological polar surface area (TPSA) is 45.2 Å². The highest BCUT2D eigenvalue weighted by atomic mass is 16.5. The third kappa shape index (κ3) is 3.49. The Morgan fingerprint density at radius 1 is 1.03 bits per heavy atom. The van der Waals surface area contributed by atoms with Crippen molar-refractivity contribution < 1.29 is 14.3 Å². The van der Waals surface area contributed by atoms with Gasteiger partial charge in [-0.3, -0.25) is 4.79 Å². The number of rotatable bonds is 3. The Labute approximate surface area is 178 Å². The molecule has 2 atom stereocenters. The first-order valence-corrected chi connectivity index (χ1v) is 10.8. The fourth-order valence-corrected chi connectivity index (χ4v) is 5.08. The van der Waals surface area contributed by atoms with Crippen LogP contribution in [0.4, 0.5) is 11.4 Å². The van der Waals surface area contributed by atoms with Gasteiger partial charge in [0.25, 0.3) is 0 Å². The molecule has 158 valence electrons. The number of carbonyl (C=O) groups is 1. The van der Waals surface area contributed by atoms with Gasteiger partial charge in [0.1, 0.15) is 5.75 Å². The summed E-state index contributed by atoms with van der Waals surface area (Å²) in [7, 11) is 1.71. The molecule has 2 aromatic rings. The number of anilines is 2. The lowest BCUT2D eigenvalue weighted by Gasteiger charge is -2.50. The monoisotopic (exact) mass is 407 g/mol. The lowest BCUT2D eigenvalue weighted by Crippen LogP contribution is -2.62. The minimum absolute atomic E-state index is 0.0458. The molecule has 2 unspecified atom stereocenters. The molecule has 0 aromatic heterocycles. The van der Waals surface area contributed by atoms with E-state index in [1.54, 1.807) is 7.11 Å². The molecule has 2 fully saturated rings. The van der Waals surface area contributed by atoms with Gasteiger partial charge in [-0.1, -0.05) is 24.3 Å². The van der Waals surface area contributed by atoms with Gasteiger partial charge in [-0.2, -0.15) is 0 Å². The number of morpholine rings is 1. The van der Waals surface area contributed by atoms with Gasteiger partial charge < -0.3 is 24.2 Å². The zero-order valence-electron chi connectivity index (χ0n) is 17.5. The summed E-state index contributed by atoms with van der Waals surface area (Å²) in [6, 6.07) is 17.0. The number of carbonyl (C=O) groups excluding carboxylic acids is 1. The van der Waals surface area contributed by atoms with E-state index in [-0.39, 0.29) is 17.9 Å². The molecular formula is C24H29N3O3. The molecule has 0 saturated carbocycles. The molecule has 6 heteroatoms. The maximum atomic E-state index is 13.6. The molecule has 5 rings (SSSR count). The third-order valence-corrected chi connectivity index (χ3v) is 6.69. The second-order valence-electron chi connectivity index (χ2n) is 8.29. The predicted octanol–water partition coefficient (Wildman–Crippen LogP) is 2.42. The molecule has 0 aliphatic carbocycles. The molecule has 1 amide bonds. The number of nitrogens with zero attached hydrogens (tertiary/aromatic N) is 3. The van der Waals surface area contributed by atoms with Crippen molar-refractivity contribution in [1.82, 2.24) is 4.90 Å². The van der Waals surface area contributed by atoms with Crippen molar-refractivity contribution in [2.24, 2.45) is 5.92 Å². The van der Waals surface area contributed by atoms with Crippen molar-refractivity contribution >= 4 is 17.3 Å². The van der Waals surface area contributed by atoms with Crippen LogP contribution in [0.1, 0.15) is 5.56 Å². The second-order valence-corrected chi connectivity index (χ2v) is 8.29. The minimum Gasteiger partial charge on any atom is -0.497 e. The maximum absolute atomic E-state index is 13.6. The number of fused-ring (bicyclic) bond motifs is 3. The van der Waals surface area contributed by atoms with Gasteiger partial charge in [-0.25, -0.2) is 0 Å². The molecule has 3 aliphatic heterocycles. The van der Waals surface area contributed by atoms with Crippen molar-refractivity contribution in [1.29, 1.82) is 0 Å². The van der Waals surface area contributed by atoms with Crippen molar-refractivity contribution in [3.8, 4) is 5.75 Å². The standard InChI is InChI=1S/C24H29N3O3/c1-29-20-8-7-18-15-21(24(28)25-11-13-30-14-12-25)23-17-26(19-5-3-2-4-6-19)9-10-27(23)22(18)16-20/h2-8,16,21,23H,9-15,17H2,1H3. The molecule has 2 saturated heterocycles. The van der Waals surface area contributed by atoms with Gasteiger partial charge in [-0.05, 0) is 30.2 Å². The minimum atomic E-state index is -0.0458. The molecule has 6 nitrogen and oxygen atoms in total. The van der Waals surface area contributed by atoms with Crippen LogP contribution >= 0.6 is 0 Å². The SMILES string of the molecule is COc1ccc2c(c1)N1CCN(c3ccccc3)CC1C(C(=O)N1CCOCC1)C2. The summed E-state index contributed by atoms with van der Waals surface area (Å²) >= 11 is 0. The first-order valence-electron chi connectivity index (χ1n) is 10.8. The summed E-state index contributed by atoms with van der Waals surface area (Å²) in [4.78, 5) is 20.5. The van der Waals surface area contributed by atoms with Crippen molar-refractivity contribution in [2.45, 2.75) is 12.5 Å². The number of ether oxygens (including phenoxy) is 2. The zero-order chi connectivity index (χ0) is 20.5. The quantitative estimate of drug-likeness (QED) is 0.782. The van der Waals surface area contributed by atoms with Gasteiger partial charge >= 0.3 is 0 Å². The molecule has 0 N–H and O–H groups in total. The third-order valence-electron chi connectivity index (χ3n) is 6.69. The van der Waals surface area contributed by atoms with Crippen LogP contribution in [0.2, 0.25) is 0 Å². The normalized spacial score (nSPS) is 23.6. The van der Waals surface area contributed by atoms with Gasteiger partial charge in [-0.15, -0.1) is 0 Å². The van der Waals surface area contributed by atoms with Crippen LogP contribution in [-0.2, 0) is 16.0 Å². The van der Waals surface area contributed by atoms with Crippen molar-refractivity contribution in [2.75, 3.05) is 62.8 Å². The Bertz CT molecular complexity index is 898. The Balaban J connectivity index is 1.48. The van der Waals surface area contributed by atoms with Gasteiger partial charge in [0.15, 0.2) is 0 Å². The van der Waals surface area contributed by atoms with Crippen LogP contribution in [0.3, 0.4) is 0 Å². The molecule has 0 bridgehead atoms. The first kappa shape index (κ1) is 19.2. The summed E-state index contributed by atoms with van der Waals surface area (Å²) < 4.78 is 11.0. The fourth-order valence-electron chi connectivity index (χ4n) is 5.08. The number of hydrogen-bond acceptors (Lipinski definition) is 5. The van der Waals surface area contributed by atoms with Crippen LogP contribution in [-0.4, -0.2) is 69.9 Å². The van der Waals surface area contributed by atoms with E-state index in [2.05, 4.69) is 46.2 Å². The first-order chi connectivity index (χ1) is 14.7. The van der Waals surface area contributed by atoms with Gasteiger partial charge in [0.2, 0.25) is 5.91 Å². The van der Waals surface area contributed by atoms with E-state index < -0.39 is 0 Å². The van der Waals surface area contributed by atoms with Crippen LogP contribution in [0, 0.1) is 5.92 Å². The smallest absolute Gasteiger partial charge is 0.228 e. The zero-order valence-corrected chi connectivity index (χ0v) is 17.5. The Morgan fingerprint density at radius 3 is 2.60 bits per heavy atom. The summed E-state index contributed by atoms with van der Waals surface area (Å²) in [5.41, 5.74) is 3.69. The summed E-state index contributed by atoms with van der Waals surface area (Å²) in [5.74, 6) is 1.09. The lowest BCUT2D eigenvalue weighted by molar-refractivity contribution is -0.140. The average Bonchev–Trinajstić information content (AvgIpc) is 2.83. The Morgan fingerprint density at radius 2 is 1.83 bits per heavy atom. The van der Waals surface area contributed by atoms with Crippen LogP contribution in [0.15, 0.2) is 48.5 Å². The van der Waals surface area contributed by atoms with Crippen molar-refractivity contribution in [3.63, 3.8) is 0 Å². The number of amides is 1. The summed E-state index contributed by atoms with van der Waals surface area (Å²) in [6.45, 7) is 5.34.